The maximum atomic E-state index is 14.0. The van der Waals surface area contributed by atoms with Crippen molar-refractivity contribution in [3.8, 4) is 5.75 Å². The average Bonchev–Trinajstić information content (AvgIpc) is 2.67. The summed E-state index contributed by atoms with van der Waals surface area (Å²) in [6, 6.07) is 11.5. The lowest BCUT2D eigenvalue weighted by Gasteiger charge is -2.35. The van der Waals surface area contributed by atoms with Crippen LogP contribution >= 0.6 is 27.5 Å². The van der Waals surface area contributed by atoms with Crippen LogP contribution in [0.1, 0.15) is 10.4 Å². The highest BCUT2D eigenvalue weighted by Gasteiger charge is 2.25. The molecule has 0 aliphatic carbocycles. The molecule has 0 aromatic heterocycles. The largest absolute Gasteiger partial charge is 0.491 e. The maximum absolute atomic E-state index is 14.0. The monoisotopic (exact) mass is 470 g/mol. The number of ether oxygens (including phenoxy) is 1. The van der Waals surface area contributed by atoms with Gasteiger partial charge < -0.3 is 14.7 Å². The summed E-state index contributed by atoms with van der Waals surface area (Å²) in [5, 5.41) is 10.5. The molecule has 0 radical (unpaired) electrons. The van der Waals surface area contributed by atoms with E-state index in [1.807, 2.05) is 24.3 Å². The number of carbonyl (C=O) groups excluding carboxylic acids is 1. The van der Waals surface area contributed by atoms with Crippen LogP contribution in [0.3, 0.4) is 0 Å². The van der Waals surface area contributed by atoms with Crippen molar-refractivity contribution >= 4 is 33.4 Å². The smallest absolute Gasteiger partial charge is 0.256 e. The Morgan fingerprint density at radius 1 is 1.21 bits per heavy atom. The first kappa shape index (κ1) is 21.0. The van der Waals surface area contributed by atoms with Crippen molar-refractivity contribution in [3.05, 3.63) is 63.3 Å². The third kappa shape index (κ3) is 5.67. The number of carbonyl (C=O) groups is 1. The van der Waals surface area contributed by atoms with E-state index in [1.165, 1.54) is 12.1 Å². The Morgan fingerprint density at radius 3 is 2.64 bits per heavy atom. The molecule has 8 heteroatoms. The summed E-state index contributed by atoms with van der Waals surface area (Å²) in [5.41, 5.74) is 0.0281. The number of amides is 1. The van der Waals surface area contributed by atoms with Crippen molar-refractivity contribution in [2.45, 2.75) is 6.10 Å². The van der Waals surface area contributed by atoms with Crippen LogP contribution in [0.15, 0.2) is 46.9 Å². The highest BCUT2D eigenvalue weighted by molar-refractivity contribution is 9.10. The highest BCUT2D eigenvalue weighted by atomic mass is 79.9. The Labute approximate surface area is 176 Å². The number of piperazine rings is 1. The van der Waals surface area contributed by atoms with Crippen LogP contribution in [0.5, 0.6) is 5.75 Å². The quantitative estimate of drug-likeness (QED) is 0.701. The number of halogens is 3. The zero-order valence-corrected chi connectivity index (χ0v) is 17.5. The van der Waals surface area contributed by atoms with Gasteiger partial charge >= 0.3 is 0 Å². The molecule has 1 aliphatic rings. The van der Waals surface area contributed by atoms with Crippen LogP contribution in [-0.2, 0) is 0 Å². The molecular weight excluding hydrogens is 451 g/mol. The normalized spacial score (nSPS) is 16.1. The second-order valence-corrected chi connectivity index (χ2v) is 7.99. The molecule has 0 bridgehead atoms. The standard InChI is InChI=1S/C20H21BrClFN2O3/c21-14-2-1-3-17(10-14)28-13-16(26)12-24-6-8-25(9-7-24)20(27)18-5-4-15(22)11-19(18)23/h1-5,10-11,16,26H,6-9,12-13H2. The number of hydrogen-bond acceptors (Lipinski definition) is 4. The number of aliphatic hydroxyl groups is 1. The third-order valence-corrected chi connectivity index (χ3v) is 5.26. The van der Waals surface area contributed by atoms with E-state index in [0.29, 0.717) is 38.5 Å². The zero-order chi connectivity index (χ0) is 20.1. The number of β-amino-alcohol motifs (C(OH)–C–C–N with tert-alkyl or cyclic N) is 1. The molecule has 5 nitrogen and oxygen atoms in total. The van der Waals surface area contributed by atoms with Gasteiger partial charge in [0.05, 0.1) is 5.56 Å². The minimum atomic E-state index is -0.644. The van der Waals surface area contributed by atoms with E-state index in [-0.39, 0.29) is 23.1 Å². The van der Waals surface area contributed by atoms with Crippen molar-refractivity contribution in [2.24, 2.45) is 0 Å². The Hall–Kier alpha value is -1.67. The maximum Gasteiger partial charge on any atom is 0.256 e. The molecule has 1 aliphatic heterocycles. The number of rotatable bonds is 6. The number of benzene rings is 2. The van der Waals surface area contributed by atoms with Gasteiger partial charge in [-0.25, -0.2) is 4.39 Å². The Morgan fingerprint density at radius 2 is 1.96 bits per heavy atom. The van der Waals surface area contributed by atoms with Crippen molar-refractivity contribution in [1.29, 1.82) is 0 Å². The van der Waals surface area contributed by atoms with Crippen LogP contribution in [0.25, 0.3) is 0 Å². The molecule has 0 saturated carbocycles. The third-order valence-electron chi connectivity index (χ3n) is 4.53. The van der Waals surface area contributed by atoms with Gasteiger partial charge in [0.1, 0.15) is 24.3 Å². The molecule has 3 rings (SSSR count). The summed E-state index contributed by atoms with van der Waals surface area (Å²) >= 11 is 9.12. The second kappa shape index (κ2) is 9.69. The average molecular weight is 472 g/mol. The zero-order valence-electron chi connectivity index (χ0n) is 15.2. The predicted octanol–water partition coefficient (Wildman–Crippen LogP) is 3.44. The van der Waals surface area contributed by atoms with E-state index in [1.54, 1.807) is 4.90 Å². The van der Waals surface area contributed by atoms with Crippen molar-refractivity contribution in [3.63, 3.8) is 0 Å². The predicted molar refractivity (Wildman–Crippen MR) is 109 cm³/mol. The lowest BCUT2D eigenvalue weighted by Crippen LogP contribution is -2.51. The van der Waals surface area contributed by atoms with E-state index in [0.717, 1.165) is 10.5 Å². The van der Waals surface area contributed by atoms with Crippen LogP contribution in [0, 0.1) is 5.82 Å². The summed E-state index contributed by atoms with van der Waals surface area (Å²) in [6.45, 7) is 2.79. The minimum absolute atomic E-state index is 0.0281. The van der Waals surface area contributed by atoms with Gasteiger partial charge in [-0.15, -0.1) is 0 Å². The lowest BCUT2D eigenvalue weighted by molar-refractivity contribution is 0.0401. The molecule has 1 N–H and O–H groups in total. The van der Waals surface area contributed by atoms with Gasteiger partial charge in [-0.1, -0.05) is 33.6 Å². The van der Waals surface area contributed by atoms with Gasteiger partial charge in [0.25, 0.3) is 5.91 Å². The van der Waals surface area contributed by atoms with Crippen LogP contribution in [-0.4, -0.2) is 66.2 Å². The summed E-state index contributed by atoms with van der Waals surface area (Å²) in [4.78, 5) is 16.2. The topological polar surface area (TPSA) is 53.0 Å². The summed E-state index contributed by atoms with van der Waals surface area (Å²) in [6.07, 6.45) is -0.644. The summed E-state index contributed by atoms with van der Waals surface area (Å²) < 4.78 is 20.5. The molecule has 0 spiro atoms. The molecule has 1 saturated heterocycles. The molecule has 150 valence electrons. The molecule has 28 heavy (non-hydrogen) atoms. The molecule has 2 aromatic rings. The van der Waals surface area contributed by atoms with E-state index >= 15 is 0 Å². The molecule has 1 amide bonds. The first-order valence-electron chi connectivity index (χ1n) is 8.95. The van der Waals surface area contributed by atoms with Crippen molar-refractivity contribution in [1.82, 2.24) is 9.80 Å². The second-order valence-electron chi connectivity index (χ2n) is 6.64. The molecule has 1 heterocycles. The fourth-order valence-electron chi connectivity index (χ4n) is 3.07. The lowest BCUT2D eigenvalue weighted by atomic mass is 10.1. The van der Waals surface area contributed by atoms with Crippen LogP contribution < -0.4 is 4.74 Å². The first-order valence-corrected chi connectivity index (χ1v) is 10.1. The van der Waals surface area contributed by atoms with E-state index in [9.17, 15) is 14.3 Å². The summed E-state index contributed by atoms with van der Waals surface area (Å²) in [5.74, 6) is -0.263. The number of nitrogens with zero attached hydrogens (tertiary/aromatic N) is 2. The molecule has 2 aromatic carbocycles. The fraction of sp³-hybridized carbons (Fsp3) is 0.350. The Bertz CT molecular complexity index is 831. The van der Waals surface area contributed by atoms with E-state index in [4.69, 9.17) is 16.3 Å². The highest BCUT2D eigenvalue weighted by Crippen LogP contribution is 2.19. The summed E-state index contributed by atoms with van der Waals surface area (Å²) in [7, 11) is 0. The van der Waals surface area contributed by atoms with Gasteiger partial charge in [0, 0.05) is 42.2 Å². The Kier molecular flexibility index (Phi) is 7.29. The van der Waals surface area contributed by atoms with E-state index < -0.39 is 11.9 Å². The Balaban J connectivity index is 1.45. The van der Waals surface area contributed by atoms with Gasteiger partial charge in [-0.3, -0.25) is 9.69 Å². The molecule has 1 unspecified atom stereocenters. The SMILES string of the molecule is O=C(c1ccc(Cl)cc1F)N1CCN(CC(O)COc2cccc(Br)c2)CC1. The first-order chi connectivity index (χ1) is 13.4. The molecule has 1 fully saturated rings. The number of aliphatic hydroxyl groups excluding tert-OH is 1. The molecule has 1 atom stereocenters. The van der Waals surface area contributed by atoms with Crippen LogP contribution in [0.4, 0.5) is 4.39 Å². The molecular formula is C20H21BrClFN2O3. The number of hydrogen-bond donors (Lipinski definition) is 1. The van der Waals surface area contributed by atoms with Gasteiger partial charge in [-0.2, -0.15) is 0 Å². The van der Waals surface area contributed by atoms with E-state index in [2.05, 4.69) is 20.8 Å². The van der Waals surface area contributed by atoms with Gasteiger partial charge in [0.2, 0.25) is 0 Å². The fourth-order valence-corrected chi connectivity index (χ4v) is 3.60. The van der Waals surface area contributed by atoms with Crippen molar-refractivity contribution < 1.29 is 19.0 Å². The minimum Gasteiger partial charge on any atom is -0.491 e. The van der Waals surface area contributed by atoms with Crippen molar-refractivity contribution in [2.75, 3.05) is 39.3 Å². The van der Waals surface area contributed by atoms with Gasteiger partial charge in [-0.05, 0) is 36.4 Å². The van der Waals surface area contributed by atoms with Gasteiger partial charge in [0.15, 0.2) is 0 Å². The van der Waals surface area contributed by atoms with Crippen LogP contribution in [0.2, 0.25) is 5.02 Å².